The van der Waals surface area contributed by atoms with Crippen LogP contribution in [0, 0.1) is 11.8 Å². The quantitative estimate of drug-likeness (QED) is 0.559. The van der Waals surface area contributed by atoms with Crippen molar-refractivity contribution in [2.75, 3.05) is 0 Å². The predicted molar refractivity (Wildman–Crippen MR) is 96.4 cm³/mol. The smallest absolute Gasteiger partial charge is 0.168 e. The van der Waals surface area contributed by atoms with Gasteiger partial charge in [0.05, 0.1) is 0 Å². The van der Waals surface area contributed by atoms with E-state index in [-0.39, 0.29) is 0 Å². The molecule has 0 aromatic heterocycles. The molecule has 0 N–H and O–H groups in total. The van der Waals surface area contributed by atoms with Crippen LogP contribution in [0.15, 0.2) is 82.6 Å². The molecule has 4 rings (SSSR count). The van der Waals surface area contributed by atoms with Gasteiger partial charge in [-0.1, -0.05) is 88.7 Å². The molecule has 3 heteroatoms. The van der Waals surface area contributed by atoms with Crippen LogP contribution in [-0.2, 0) is 4.57 Å². The van der Waals surface area contributed by atoms with E-state index in [0.717, 1.165) is 26.8 Å². The second-order valence-electron chi connectivity index (χ2n) is 5.85. The number of benzene rings is 2. The predicted octanol–water partition coefficient (Wildman–Crippen LogP) is 4.81. The highest BCUT2D eigenvalue weighted by atomic mass is 79.9. The highest BCUT2D eigenvalue weighted by molar-refractivity contribution is 9.11. The summed E-state index contributed by atoms with van der Waals surface area (Å²) in [5.41, 5.74) is 0. The van der Waals surface area contributed by atoms with Gasteiger partial charge in [-0.05, 0) is 6.42 Å². The molecule has 1 nitrogen and oxygen atoms in total. The van der Waals surface area contributed by atoms with Crippen LogP contribution in [0.2, 0.25) is 0 Å². The van der Waals surface area contributed by atoms with Crippen molar-refractivity contribution < 1.29 is 4.57 Å². The van der Waals surface area contributed by atoms with Gasteiger partial charge in [-0.25, -0.2) is 0 Å². The molecule has 0 saturated heterocycles. The third-order valence-electron chi connectivity index (χ3n) is 4.58. The SMILES string of the molecule is O=P(C1=C(Br)C2C=CC1C2)(c1ccccc1)c1ccccc1. The van der Waals surface area contributed by atoms with Crippen LogP contribution in [0.1, 0.15) is 6.42 Å². The van der Waals surface area contributed by atoms with E-state index in [1.165, 1.54) is 0 Å². The average Bonchev–Trinajstić information content (AvgIpc) is 3.17. The van der Waals surface area contributed by atoms with E-state index < -0.39 is 7.14 Å². The minimum Gasteiger partial charge on any atom is -0.309 e. The van der Waals surface area contributed by atoms with Crippen LogP contribution in [0.5, 0.6) is 0 Å². The maximum absolute atomic E-state index is 14.3. The number of allylic oxidation sites excluding steroid dienone is 4. The molecule has 2 aliphatic carbocycles. The molecule has 2 aromatic rings. The van der Waals surface area contributed by atoms with Gasteiger partial charge in [-0.15, -0.1) is 0 Å². The molecular formula is C19H16BrOP. The summed E-state index contributed by atoms with van der Waals surface area (Å²) in [4.78, 5) is 0. The zero-order valence-corrected chi connectivity index (χ0v) is 14.5. The molecule has 2 bridgehead atoms. The van der Waals surface area contributed by atoms with Crippen molar-refractivity contribution in [2.45, 2.75) is 6.42 Å². The fraction of sp³-hybridized carbons (Fsp3) is 0.158. The van der Waals surface area contributed by atoms with Gasteiger partial charge in [-0.3, -0.25) is 0 Å². The molecule has 2 atom stereocenters. The van der Waals surface area contributed by atoms with Crippen molar-refractivity contribution in [1.82, 2.24) is 0 Å². The number of hydrogen-bond acceptors (Lipinski definition) is 1. The zero-order chi connectivity index (χ0) is 15.2. The average molecular weight is 371 g/mol. The van der Waals surface area contributed by atoms with E-state index in [4.69, 9.17) is 0 Å². The van der Waals surface area contributed by atoms with Crippen molar-refractivity contribution in [3.8, 4) is 0 Å². The number of hydrogen-bond donors (Lipinski definition) is 0. The Kier molecular flexibility index (Phi) is 3.47. The summed E-state index contributed by atoms with van der Waals surface area (Å²) >= 11 is 3.75. The van der Waals surface area contributed by atoms with Crippen LogP contribution in [0.4, 0.5) is 0 Å². The maximum Gasteiger partial charge on any atom is 0.168 e. The van der Waals surface area contributed by atoms with E-state index in [9.17, 15) is 4.57 Å². The van der Waals surface area contributed by atoms with E-state index in [0.29, 0.717) is 11.8 Å². The first kappa shape index (κ1) is 14.2. The minimum atomic E-state index is -2.79. The van der Waals surface area contributed by atoms with Gasteiger partial charge in [0.2, 0.25) is 0 Å². The van der Waals surface area contributed by atoms with E-state index in [2.05, 4.69) is 28.1 Å². The van der Waals surface area contributed by atoms with Crippen molar-refractivity contribution in [3.05, 3.63) is 82.6 Å². The zero-order valence-electron chi connectivity index (χ0n) is 12.0. The van der Waals surface area contributed by atoms with E-state index >= 15 is 0 Å². The lowest BCUT2D eigenvalue weighted by Gasteiger charge is -2.25. The second-order valence-corrected chi connectivity index (χ2v) is 9.43. The van der Waals surface area contributed by atoms with Gasteiger partial charge in [-0.2, -0.15) is 0 Å². The van der Waals surface area contributed by atoms with E-state index in [1.54, 1.807) is 0 Å². The monoisotopic (exact) mass is 370 g/mol. The topological polar surface area (TPSA) is 17.1 Å². The van der Waals surface area contributed by atoms with Crippen LogP contribution >= 0.6 is 23.1 Å². The Hall–Kier alpha value is -1.37. The third-order valence-corrected chi connectivity index (χ3v) is 9.21. The van der Waals surface area contributed by atoms with Crippen LogP contribution in [-0.4, -0.2) is 0 Å². The molecule has 0 spiro atoms. The molecule has 2 unspecified atom stereocenters. The molecule has 0 radical (unpaired) electrons. The molecular weight excluding hydrogens is 355 g/mol. The molecule has 0 aliphatic heterocycles. The Bertz CT molecular complexity index is 764. The largest absolute Gasteiger partial charge is 0.309 e. The van der Waals surface area contributed by atoms with Gasteiger partial charge in [0.15, 0.2) is 7.14 Å². The first-order chi connectivity index (χ1) is 10.7. The van der Waals surface area contributed by atoms with Gasteiger partial charge < -0.3 is 4.57 Å². The summed E-state index contributed by atoms with van der Waals surface area (Å²) in [6.45, 7) is 0. The molecule has 0 saturated carbocycles. The lowest BCUT2D eigenvalue weighted by atomic mass is 10.2. The highest BCUT2D eigenvalue weighted by Gasteiger charge is 2.44. The van der Waals surface area contributed by atoms with Crippen molar-refractivity contribution in [1.29, 1.82) is 0 Å². The Labute approximate surface area is 139 Å². The standard InChI is InChI=1S/C19H16BrOP/c20-18-14-11-12-15(13-14)19(18)22(21,16-7-3-1-4-8-16)17-9-5-2-6-10-17/h1-12,14-15H,13H2. The first-order valence-electron chi connectivity index (χ1n) is 7.51. The van der Waals surface area contributed by atoms with Crippen LogP contribution in [0.3, 0.4) is 0 Å². The first-order valence-corrected chi connectivity index (χ1v) is 10.0. The minimum absolute atomic E-state index is 0.297. The molecule has 0 fully saturated rings. The lowest BCUT2D eigenvalue weighted by Crippen LogP contribution is -2.19. The van der Waals surface area contributed by atoms with Gasteiger partial charge in [0.25, 0.3) is 0 Å². The normalized spacial score (nSPS) is 23.3. The maximum atomic E-state index is 14.3. The summed E-state index contributed by atoms with van der Waals surface area (Å²) < 4.78 is 15.4. The summed E-state index contributed by atoms with van der Waals surface area (Å²) in [6.07, 6.45) is 5.52. The molecule has 110 valence electrons. The Morgan fingerprint density at radius 1 is 0.818 bits per heavy atom. The highest BCUT2D eigenvalue weighted by Crippen LogP contribution is 2.64. The van der Waals surface area contributed by atoms with Crippen molar-refractivity contribution >= 4 is 33.7 Å². The second kappa shape index (κ2) is 5.37. The lowest BCUT2D eigenvalue weighted by molar-refractivity contribution is 0.587. The van der Waals surface area contributed by atoms with Gasteiger partial charge in [0.1, 0.15) is 0 Å². The van der Waals surface area contributed by atoms with Crippen LogP contribution in [0.25, 0.3) is 0 Å². The third kappa shape index (κ3) is 2.01. The number of rotatable bonds is 3. The Morgan fingerprint density at radius 3 is 1.77 bits per heavy atom. The molecule has 2 aliphatic rings. The number of halogens is 1. The van der Waals surface area contributed by atoms with Crippen molar-refractivity contribution in [3.63, 3.8) is 0 Å². The molecule has 22 heavy (non-hydrogen) atoms. The Morgan fingerprint density at radius 2 is 1.32 bits per heavy atom. The van der Waals surface area contributed by atoms with Gasteiger partial charge >= 0.3 is 0 Å². The van der Waals surface area contributed by atoms with E-state index in [1.807, 2.05) is 60.7 Å². The van der Waals surface area contributed by atoms with Crippen LogP contribution < -0.4 is 10.6 Å². The summed E-state index contributed by atoms with van der Waals surface area (Å²) in [5.74, 6) is 0.700. The summed E-state index contributed by atoms with van der Waals surface area (Å²) in [6, 6.07) is 19.8. The van der Waals surface area contributed by atoms with Gasteiger partial charge in [0, 0.05) is 32.2 Å². The summed E-state index contributed by atoms with van der Waals surface area (Å²) in [7, 11) is -2.79. The fourth-order valence-electron chi connectivity index (χ4n) is 3.54. The number of fused-ring (bicyclic) bond motifs is 2. The fourth-order valence-corrected chi connectivity index (χ4v) is 8.09. The molecule has 2 aromatic carbocycles. The Balaban J connectivity index is 1.97. The summed E-state index contributed by atoms with van der Waals surface area (Å²) in [5, 5.41) is 2.95. The molecule has 0 amide bonds. The molecule has 0 heterocycles. The van der Waals surface area contributed by atoms with Crippen molar-refractivity contribution in [2.24, 2.45) is 11.8 Å².